The molecule has 0 amide bonds. The summed E-state index contributed by atoms with van der Waals surface area (Å²) in [4.78, 5) is 0. The van der Waals surface area contributed by atoms with Gasteiger partial charge in [0.25, 0.3) is 0 Å². The maximum absolute atomic E-state index is 7.02. The van der Waals surface area contributed by atoms with Crippen LogP contribution in [0.25, 0.3) is 0 Å². The zero-order valence-electron chi connectivity index (χ0n) is 22.2. The van der Waals surface area contributed by atoms with E-state index < -0.39 is 8.07 Å². The molecule has 0 saturated heterocycles. The summed E-state index contributed by atoms with van der Waals surface area (Å²) in [5.74, 6) is 6.91. The third kappa shape index (κ3) is 4.43. The summed E-state index contributed by atoms with van der Waals surface area (Å²) in [5, 5.41) is 0. The van der Waals surface area contributed by atoms with E-state index in [1.165, 1.54) is 64.2 Å². The van der Waals surface area contributed by atoms with Crippen LogP contribution < -0.4 is 0 Å². The SMILES string of the molecule is CC(C)[C@@H]1CC[C@@H](C)C[C@H]1OC1CCC([Si](C)(C)C2C3CCCCC3C3CCCCC32)C1. The quantitative estimate of drug-likeness (QED) is 0.373. The number of ether oxygens (including phenoxy) is 1. The fourth-order valence-corrected chi connectivity index (χ4v) is 15.6. The minimum atomic E-state index is -1.29. The highest BCUT2D eigenvalue weighted by molar-refractivity contribution is 6.80. The van der Waals surface area contributed by atoms with Gasteiger partial charge in [-0.3, -0.25) is 0 Å². The summed E-state index contributed by atoms with van der Waals surface area (Å²) in [6.45, 7) is 13.0. The molecule has 5 rings (SSSR count). The predicted molar refractivity (Wildman–Crippen MR) is 140 cm³/mol. The fraction of sp³-hybridized carbons (Fsp3) is 1.00. The molecule has 0 spiro atoms. The Morgan fingerprint density at radius 2 is 1.28 bits per heavy atom. The second kappa shape index (κ2) is 9.67. The normalized spacial score (nSPS) is 47.4. The molecule has 32 heavy (non-hydrogen) atoms. The second-order valence-electron chi connectivity index (χ2n) is 14.2. The van der Waals surface area contributed by atoms with Crippen LogP contribution in [-0.2, 0) is 4.74 Å². The molecule has 0 aliphatic heterocycles. The summed E-state index contributed by atoms with van der Waals surface area (Å²) in [5.41, 5.74) is 2.17. The van der Waals surface area contributed by atoms with Crippen LogP contribution in [0.15, 0.2) is 0 Å². The van der Waals surface area contributed by atoms with Gasteiger partial charge in [0.15, 0.2) is 0 Å². The highest BCUT2D eigenvalue weighted by Gasteiger charge is 2.58. The Balaban J connectivity index is 1.27. The van der Waals surface area contributed by atoms with Gasteiger partial charge in [0, 0.05) is 0 Å². The average molecular weight is 459 g/mol. The van der Waals surface area contributed by atoms with Gasteiger partial charge in [-0.15, -0.1) is 0 Å². The van der Waals surface area contributed by atoms with E-state index in [4.69, 9.17) is 4.74 Å². The summed E-state index contributed by atoms with van der Waals surface area (Å²) < 4.78 is 7.02. The van der Waals surface area contributed by atoms with Crippen LogP contribution in [0, 0.1) is 41.4 Å². The van der Waals surface area contributed by atoms with Crippen LogP contribution in [0.3, 0.4) is 0 Å². The van der Waals surface area contributed by atoms with E-state index in [0.29, 0.717) is 12.2 Å². The number of rotatable bonds is 5. The predicted octanol–water partition coefficient (Wildman–Crippen LogP) is 9.09. The molecule has 5 fully saturated rings. The zero-order chi connectivity index (χ0) is 22.5. The van der Waals surface area contributed by atoms with E-state index in [0.717, 1.165) is 52.5 Å². The molecule has 0 aromatic rings. The summed E-state index contributed by atoms with van der Waals surface area (Å²) in [6.07, 6.45) is 22.0. The van der Waals surface area contributed by atoms with Gasteiger partial charge < -0.3 is 4.74 Å². The Bertz CT molecular complexity index is 606. The highest BCUT2D eigenvalue weighted by atomic mass is 28.3. The summed E-state index contributed by atoms with van der Waals surface area (Å²) in [6, 6.07) is 0. The van der Waals surface area contributed by atoms with Crippen molar-refractivity contribution >= 4 is 8.07 Å². The first-order chi connectivity index (χ1) is 15.4. The van der Waals surface area contributed by atoms with Gasteiger partial charge in [-0.05, 0) is 91.0 Å². The Labute approximate surface area is 201 Å². The molecule has 1 nitrogen and oxygen atoms in total. The van der Waals surface area contributed by atoms with Crippen molar-refractivity contribution in [1.29, 1.82) is 0 Å². The first-order valence-corrected chi connectivity index (χ1v) is 18.2. The van der Waals surface area contributed by atoms with E-state index in [-0.39, 0.29) is 0 Å². The molecule has 0 aromatic carbocycles. The third-order valence-corrected chi connectivity index (χ3v) is 17.0. The van der Waals surface area contributed by atoms with Gasteiger partial charge in [0.05, 0.1) is 20.3 Å². The van der Waals surface area contributed by atoms with Gasteiger partial charge in [0.1, 0.15) is 0 Å². The largest absolute Gasteiger partial charge is 0.375 e. The highest BCUT2D eigenvalue weighted by Crippen LogP contribution is 2.65. The van der Waals surface area contributed by atoms with Crippen molar-refractivity contribution in [3.05, 3.63) is 0 Å². The molecule has 5 saturated carbocycles. The van der Waals surface area contributed by atoms with Gasteiger partial charge in [0.2, 0.25) is 0 Å². The molecule has 0 heterocycles. The minimum Gasteiger partial charge on any atom is -0.375 e. The van der Waals surface area contributed by atoms with Crippen molar-refractivity contribution in [1.82, 2.24) is 0 Å². The molecule has 0 aromatic heterocycles. The van der Waals surface area contributed by atoms with Crippen LogP contribution in [-0.4, -0.2) is 20.3 Å². The first kappa shape index (κ1) is 23.9. The minimum absolute atomic E-state index is 0.546. The summed E-state index contributed by atoms with van der Waals surface area (Å²) >= 11 is 0. The van der Waals surface area contributed by atoms with Crippen LogP contribution >= 0.6 is 0 Å². The van der Waals surface area contributed by atoms with Crippen LogP contribution in [0.5, 0.6) is 0 Å². The molecule has 6 unspecified atom stereocenters. The number of hydrogen-bond donors (Lipinski definition) is 0. The van der Waals surface area contributed by atoms with E-state index in [2.05, 4.69) is 33.9 Å². The van der Waals surface area contributed by atoms with Crippen molar-refractivity contribution in [3.63, 3.8) is 0 Å². The van der Waals surface area contributed by atoms with Gasteiger partial charge in [-0.1, -0.05) is 85.2 Å². The van der Waals surface area contributed by atoms with Crippen molar-refractivity contribution in [2.24, 2.45) is 41.4 Å². The second-order valence-corrected chi connectivity index (χ2v) is 19.3. The molecular formula is C30H54OSi. The van der Waals surface area contributed by atoms with Crippen molar-refractivity contribution in [2.45, 2.75) is 147 Å². The molecule has 5 aliphatic rings. The fourth-order valence-electron chi connectivity index (χ4n) is 10.3. The smallest absolute Gasteiger partial charge is 0.0612 e. The lowest BCUT2D eigenvalue weighted by atomic mass is 9.73. The Morgan fingerprint density at radius 1 is 0.688 bits per heavy atom. The van der Waals surface area contributed by atoms with Crippen molar-refractivity contribution < 1.29 is 4.74 Å². The third-order valence-electron chi connectivity index (χ3n) is 11.8. The molecule has 0 N–H and O–H groups in total. The van der Waals surface area contributed by atoms with Gasteiger partial charge in [-0.25, -0.2) is 0 Å². The molecule has 0 radical (unpaired) electrons. The van der Waals surface area contributed by atoms with Crippen molar-refractivity contribution in [3.8, 4) is 0 Å². The molecule has 184 valence electrons. The van der Waals surface area contributed by atoms with Gasteiger partial charge in [-0.2, -0.15) is 0 Å². The molecule has 0 bridgehead atoms. The van der Waals surface area contributed by atoms with Crippen LogP contribution in [0.2, 0.25) is 24.2 Å². The van der Waals surface area contributed by atoms with E-state index >= 15 is 0 Å². The van der Waals surface area contributed by atoms with E-state index in [1.54, 1.807) is 25.7 Å². The lowest BCUT2D eigenvalue weighted by Crippen LogP contribution is -2.43. The number of fused-ring (bicyclic) bond motifs is 3. The molecular weight excluding hydrogens is 404 g/mol. The Hall–Kier alpha value is 0.177. The maximum atomic E-state index is 7.02. The Morgan fingerprint density at radius 3 is 1.88 bits per heavy atom. The van der Waals surface area contributed by atoms with Crippen LogP contribution in [0.4, 0.5) is 0 Å². The lowest BCUT2D eigenvalue weighted by molar-refractivity contribution is -0.0773. The van der Waals surface area contributed by atoms with E-state index in [1.807, 2.05) is 0 Å². The first-order valence-electron chi connectivity index (χ1n) is 15.0. The monoisotopic (exact) mass is 458 g/mol. The molecule has 9 atom stereocenters. The van der Waals surface area contributed by atoms with Crippen LogP contribution in [0.1, 0.15) is 111 Å². The topological polar surface area (TPSA) is 9.23 Å². The van der Waals surface area contributed by atoms with Crippen molar-refractivity contribution in [2.75, 3.05) is 0 Å². The lowest BCUT2D eigenvalue weighted by Gasteiger charge is -2.44. The maximum Gasteiger partial charge on any atom is 0.0612 e. The standard InChI is InChI=1S/C30H54OSi/c1-20(2)24-17-14-21(3)18-29(24)31-22-15-16-23(19-22)32(4,5)30-27-12-8-6-10-25(27)26-11-7-9-13-28(26)30/h20-30H,6-19H2,1-5H3/t21-,22?,23?,24+,25?,26?,27?,28?,29-,30?/m1/s1. The van der Waals surface area contributed by atoms with E-state index in [9.17, 15) is 0 Å². The summed E-state index contributed by atoms with van der Waals surface area (Å²) in [7, 11) is -1.29. The molecule has 2 heteroatoms. The zero-order valence-corrected chi connectivity index (χ0v) is 23.2. The Kier molecular flexibility index (Phi) is 7.22. The average Bonchev–Trinajstić information content (AvgIpc) is 3.37. The number of hydrogen-bond acceptors (Lipinski definition) is 1. The van der Waals surface area contributed by atoms with Gasteiger partial charge >= 0.3 is 0 Å². The molecule has 5 aliphatic carbocycles.